The van der Waals surface area contributed by atoms with Crippen molar-refractivity contribution in [1.29, 1.82) is 0 Å². The number of para-hydroxylation sites is 1. The molecule has 0 spiro atoms. The highest BCUT2D eigenvalue weighted by molar-refractivity contribution is 6.11. The molecule has 5 nitrogen and oxygen atoms in total. The molecule has 1 N–H and O–H groups in total. The highest BCUT2D eigenvalue weighted by Gasteiger charge is 2.09. The number of amides is 1. The van der Waals surface area contributed by atoms with Crippen molar-refractivity contribution in [3.63, 3.8) is 0 Å². The number of halogens is 1. The summed E-state index contributed by atoms with van der Waals surface area (Å²) in [5.41, 5.74) is 1.68. The lowest BCUT2D eigenvalue weighted by molar-refractivity contribution is 0.112. The second-order valence-corrected chi connectivity index (χ2v) is 4.74. The van der Waals surface area contributed by atoms with E-state index in [1.807, 2.05) is 30.3 Å². The van der Waals surface area contributed by atoms with E-state index in [-0.39, 0.29) is 12.4 Å². The van der Waals surface area contributed by atoms with Gasteiger partial charge in [-0.15, -0.1) is 12.4 Å². The number of hydrogen-bond acceptors (Lipinski definition) is 4. The number of ether oxygens (including phenoxy) is 1. The molecule has 0 aliphatic heterocycles. The van der Waals surface area contributed by atoms with Crippen LogP contribution in [-0.2, 0) is 4.74 Å². The Labute approximate surface area is 139 Å². The second-order valence-electron chi connectivity index (χ2n) is 4.74. The third-order valence-electron chi connectivity index (χ3n) is 3.36. The van der Waals surface area contributed by atoms with Gasteiger partial charge in [0.25, 0.3) is 0 Å². The van der Waals surface area contributed by atoms with E-state index in [0.717, 1.165) is 22.6 Å². The molecule has 0 fully saturated rings. The van der Waals surface area contributed by atoms with E-state index in [1.54, 1.807) is 19.1 Å². The predicted octanol–water partition coefficient (Wildman–Crippen LogP) is 4.19. The summed E-state index contributed by atoms with van der Waals surface area (Å²) in [5.74, 6) is 0. The van der Waals surface area contributed by atoms with Crippen molar-refractivity contribution in [1.82, 2.24) is 4.98 Å². The zero-order valence-electron chi connectivity index (χ0n) is 12.4. The Kier molecular flexibility index (Phi) is 5.13. The molecular formula is C17H15ClN2O3. The number of aromatic nitrogens is 1. The number of benzene rings is 2. The van der Waals surface area contributed by atoms with Gasteiger partial charge in [0.1, 0.15) is 5.69 Å². The van der Waals surface area contributed by atoms with Crippen LogP contribution in [0.1, 0.15) is 17.4 Å². The topological polar surface area (TPSA) is 68.3 Å². The van der Waals surface area contributed by atoms with Crippen molar-refractivity contribution in [2.24, 2.45) is 0 Å². The number of carbonyl (C=O) groups excluding carboxylic acids is 2. The highest BCUT2D eigenvalue weighted by atomic mass is 35.5. The molecule has 1 heterocycles. The van der Waals surface area contributed by atoms with E-state index in [2.05, 4.69) is 10.3 Å². The van der Waals surface area contributed by atoms with Gasteiger partial charge in [-0.25, -0.2) is 9.78 Å². The minimum absolute atomic E-state index is 0. The van der Waals surface area contributed by atoms with Crippen LogP contribution < -0.4 is 5.32 Å². The molecule has 1 aromatic heterocycles. The van der Waals surface area contributed by atoms with Crippen molar-refractivity contribution in [2.75, 3.05) is 11.9 Å². The van der Waals surface area contributed by atoms with E-state index >= 15 is 0 Å². The van der Waals surface area contributed by atoms with Gasteiger partial charge in [-0.2, -0.15) is 0 Å². The van der Waals surface area contributed by atoms with Gasteiger partial charge in [-0.05, 0) is 30.5 Å². The smallest absolute Gasteiger partial charge is 0.411 e. The summed E-state index contributed by atoms with van der Waals surface area (Å²) in [6.45, 7) is 2.03. The number of anilines is 1. The fourth-order valence-electron chi connectivity index (χ4n) is 2.43. The third-order valence-corrected chi connectivity index (χ3v) is 3.36. The van der Waals surface area contributed by atoms with Gasteiger partial charge in [-0.1, -0.05) is 24.3 Å². The Morgan fingerprint density at radius 2 is 1.96 bits per heavy atom. The second kappa shape index (κ2) is 7.07. The molecule has 2 aromatic carbocycles. The van der Waals surface area contributed by atoms with Crippen LogP contribution in [0, 0.1) is 0 Å². The average molecular weight is 331 g/mol. The van der Waals surface area contributed by atoms with Crippen molar-refractivity contribution in [3.8, 4) is 0 Å². The minimum Gasteiger partial charge on any atom is -0.450 e. The lowest BCUT2D eigenvalue weighted by Crippen LogP contribution is -2.13. The summed E-state index contributed by atoms with van der Waals surface area (Å²) in [6.07, 6.45) is 0.200. The molecule has 6 heteroatoms. The molecule has 0 saturated heterocycles. The first-order valence-electron chi connectivity index (χ1n) is 6.94. The molecule has 3 rings (SSSR count). The summed E-state index contributed by atoms with van der Waals surface area (Å²) in [5, 5.41) is 5.21. The molecule has 0 bridgehead atoms. The van der Waals surface area contributed by atoms with Gasteiger partial charge in [-0.3, -0.25) is 10.1 Å². The van der Waals surface area contributed by atoms with Crippen molar-refractivity contribution in [3.05, 3.63) is 48.2 Å². The summed E-state index contributed by atoms with van der Waals surface area (Å²) in [4.78, 5) is 27.2. The monoisotopic (exact) mass is 330 g/mol. The van der Waals surface area contributed by atoms with E-state index < -0.39 is 6.09 Å². The van der Waals surface area contributed by atoms with Gasteiger partial charge in [0.2, 0.25) is 0 Å². The molecule has 0 saturated carbocycles. The average Bonchev–Trinajstić information content (AvgIpc) is 2.54. The number of hydrogen-bond donors (Lipinski definition) is 1. The molecule has 1 amide bonds. The van der Waals surface area contributed by atoms with Crippen molar-refractivity contribution < 1.29 is 14.3 Å². The maximum atomic E-state index is 11.5. The van der Waals surface area contributed by atoms with Crippen molar-refractivity contribution >= 4 is 52.1 Å². The number of carbonyl (C=O) groups is 2. The number of aldehydes is 1. The SMILES string of the molecule is CCOC(=O)Nc1ccc2c(c1)c(C=O)nc1ccccc12.Cl. The fourth-order valence-corrected chi connectivity index (χ4v) is 2.43. The molecule has 0 atom stereocenters. The standard InChI is InChI=1S/C17H14N2O3.ClH/c1-2-22-17(21)18-11-7-8-12-13-5-3-4-6-15(13)19-16(10-20)14(12)9-11;/h3-10H,2H2,1H3,(H,18,21);1H. The first-order valence-corrected chi connectivity index (χ1v) is 6.94. The molecule has 0 aliphatic carbocycles. The molecule has 118 valence electrons. The zero-order chi connectivity index (χ0) is 15.5. The first kappa shape index (κ1) is 16.7. The fraction of sp³-hybridized carbons (Fsp3) is 0.118. The first-order chi connectivity index (χ1) is 10.7. The largest absolute Gasteiger partial charge is 0.450 e. The number of rotatable bonds is 3. The van der Waals surface area contributed by atoms with Crippen LogP contribution in [-0.4, -0.2) is 24.0 Å². The highest BCUT2D eigenvalue weighted by Crippen LogP contribution is 2.28. The summed E-state index contributed by atoms with van der Waals surface area (Å²) in [7, 11) is 0. The van der Waals surface area contributed by atoms with Crippen LogP contribution in [0.4, 0.5) is 10.5 Å². The van der Waals surface area contributed by atoms with Crippen LogP contribution >= 0.6 is 12.4 Å². The summed E-state index contributed by atoms with van der Waals surface area (Å²) < 4.78 is 4.85. The lowest BCUT2D eigenvalue weighted by Gasteiger charge is -2.09. The summed E-state index contributed by atoms with van der Waals surface area (Å²) >= 11 is 0. The molecule has 0 unspecified atom stereocenters. The van der Waals surface area contributed by atoms with E-state index in [4.69, 9.17) is 4.74 Å². The Hall–Kier alpha value is -2.66. The Bertz CT molecular complexity index is 880. The van der Waals surface area contributed by atoms with E-state index in [1.165, 1.54) is 0 Å². The Balaban J connectivity index is 0.00000192. The molecule has 23 heavy (non-hydrogen) atoms. The van der Waals surface area contributed by atoms with Gasteiger partial charge >= 0.3 is 6.09 Å². The molecule has 0 aliphatic rings. The van der Waals surface area contributed by atoms with Gasteiger partial charge in [0, 0.05) is 16.5 Å². The molecule has 3 aromatic rings. The zero-order valence-corrected chi connectivity index (χ0v) is 13.2. The molecule has 0 radical (unpaired) electrons. The number of nitrogens with one attached hydrogen (secondary N) is 1. The van der Waals surface area contributed by atoms with Crippen LogP contribution in [0.5, 0.6) is 0 Å². The quantitative estimate of drug-likeness (QED) is 0.577. The Morgan fingerprint density at radius 3 is 2.70 bits per heavy atom. The Morgan fingerprint density at radius 1 is 1.17 bits per heavy atom. The van der Waals surface area contributed by atoms with E-state index in [9.17, 15) is 9.59 Å². The third kappa shape index (κ3) is 3.24. The van der Waals surface area contributed by atoms with Crippen LogP contribution in [0.2, 0.25) is 0 Å². The lowest BCUT2D eigenvalue weighted by atomic mass is 10.0. The maximum absolute atomic E-state index is 11.5. The number of nitrogens with zero attached hydrogens (tertiary/aromatic N) is 1. The minimum atomic E-state index is -0.525. The van der Waals surface area contributed by atoms with E-state index in [0.29, 0.717) is 23.4 Å². The van der Waals surface area contributed by atoms with Crippen LogP contribution in [0.15, 0.2) is 42.5 Å². The maximum Gasteiger partial charge on any atom is 0.411 e. The predicted molar refractivity (Wildman–Crippen MR) is 92.5 cm³/mol. The van der Waals surface area contributed by atoms with Crippen LogP contribution in [0.25, 0.3) is 21.7 Å². The number of fused-ring (bicyclic) bond motifs is 3. The van der Waals surface area contributed by atoms with Crippen LogP contribution in [0.3, 0.4) is 0 Å². The van der Waals surface area contributed by atoms with Crippen molar-refractivity contribution in [2.45, 2.75) is 6.92 Å². The van der Waals surface area contributed by atoms with Gasteiger partial charge in [0.05, 0.1) is 12.1 Å². The van der Waals surface area contributed by atoms with Gasteiger partial charge < -0.3 is 4.74 Å². The normalized spacial score (nSPS) is 10.1. The summed E-state index contributed by atoms with van der Waals surface area (Å²) in [6, 6.07) is 13.0. The number of pyridine rings is 1. The van der Waals surface area contributed by atoms with Gasteiger partial charge in [0.15, 0.2) is 6.29 Å². The molecular weight excluding hydrogens is 316 g/mol.